The van der Waals surface area contributed by atoms with Gasteiger partial charge in [0.25, 0.3) is 11.8 Å². The molecule has 35 heavy (non-hydrogen) atoms. The smallest absolute Gasteiger partial charge is 0.257 e. The molecule has 1 atom stereocenters. The van der Waals surface area contributed by atoms with Crippen LogP contribution in [0.2, 0.25) is 0 Å². The van der Waals surface area contributed by atoms with E-state index in [-0.39, 0.29) is 36.5 Å². The second-order valence-corrected chi connectivity index (χ2v) is 9.01. The first-order valence-corrected chi connectivity index (χ1v) is 11.8. The van der Waals surface area contributed by atoms with Gasteiger partial charge in [0.1, 0.15) is 11.8 Å². The van der Waals surface area contributed by atoms with E-state index in [1.54, 1.807) is 48.4 Å². The molecule has 1 saturated heterocycles. The summed E-state index contributed by atoms with van der Waals surface area (Å²) in [7, 11) is 1.54. The molecule has 0 aliphatic carbocycles. The van der Waals surface area contributed by atoms with Crippen LogP contribution in [0.15, 0.2) is 42.5 Å². The minimum absolute atomic E-state index is 0.0698. The Hall–Kier alpha value is -3.75. The molecule has 2 aliphatic heterocycles. The number of nitrogens with one attached hydrogen (secondary N) is 2. The van der Waals surface area contributed by atoms with Crippen LogP contribution in [0.5, 0.6) is 17.2 Å². The molecule has 0 bridgehead atoms. The Morgan fingerprint density at radius 3 is 2.43 bits per heavy atom. The Morgan fingerprint density at radius 1 is 1.00 bits per heavy atom. The number of carbonyl (C=O) groups excluding carboxylic acids is 3. The Labute approximate surface area is 204 Å². The molecule has 0 unspecified atom stereocenters. The van der Waals surface area contributed by atoms with Crippen LogP contribution in [0.1, 0.15) is 47.4 Å². The van der Waals surface area contributed by atoms with Crippen molar-refractivity contribution in [2.75, 3.05) is 27.0 Å². The predicted octanol–water partition coefficient (Wildman–Crippen LogP) is 2.60. The molecule has 4 rings (SSSR count). The monoisotopic (exact) mass is 481 g/mol. The van der Waals surface area contributed by atoms with Crippen molar-refractivity contribution in [1.82, 2.24) is 15.5 Å². The standard InChI is InChI=1S/C26H31N3O6/c1-16(2)27-25(31)23(28-24(30)18-8-9-21-22(14-18)35-15-34-21)17-10-12-29(13-11-17)26(32)19-6-4-5-7-20(19)33-3/h4-9,14,16-17,23H,10-13,15H2,1-3H3,(H,27,31)(H,28,30)/t23-/m0/s1. The molecule has 1 fully saturated rings. The molecular weight excluding hydrogens is 450 g/mol. The van der Waals surface area contributed by atoms with Crippen LogP contribution in [-0.4, -0.2) is 61.7 Å². The summed E-state index contributed by atoms with van der Waals surface area (Å²) in [5, 5.41) is 5.84. The fraction of sp³-hybridized carbons (Fsp3) is 0.423. The average Bonchev–Trinajstić information content (AvgIpc) is 3.34. The first-order chi connectivity index (χ1) is 16.9. The third kappa shape index (κ3) is 5.50. The van der Waals surface area contributed by atoms with Gasteiger partial charge >= 0.3 is 0 Å². The van der Waals surface area contributed by atoms with Crippen LogP contribution in [0.25, 0.3) is 0 Å². The Bertz CT molecular complexity index is 1090. The van der Waals surface area contributed by atoms with Crippen LogP contribution in [0, 0.1) is 5.92 Å². The number of para-hydroxylation sites is 1. The van der Waals surface area contributed by atoms with E-state index in [1.165, 1.54) is 0 Å². The molecule has 0 radical (unpaired) electrons. The lowest BCUT2D eigenvalue weighted by Crippen LogP contribution is -2.54. The predicted molar refractivity (Wildman–Crippen MR) is 129 cm³/mol. The van der Waals surface area contributed by atoms with Gasteiger partial charge < -0.3 is 29.7 Å². The van der Waals surface area contributed by atoms with E-state index in [0.717, 1.165) is 0 Å². The third-order valence-corrected chi connectivity index (χ3v) is 6.27. The van der Waals surface area contributed by atoms with Crippen molar-refractivity contribution in [3.8, 4) is 17.2 Å². The molecule has 186 valence electrons. The van der Waals surface area contributed by atoms with E-state index in [1.807, 2.05) is 19.9 Å². The highest BCUT2D eigenvalue weighted by Gasteiger charge is 2.35. The lowest BCUT2D eigenvalue weighted by atomic mass is 9.88. The summed E-state index contributed by atoms with van der Waals surface area (Å²) in [4.78, 5) is 40.9. The number of rotatable bonds is 7. The molecule has 9 nitrogen and oxygen atoms in total. The average molecular weight is 482 g/mol. The van der Waals surface area contributed by atoms with Gasteiger partial charge in [-0.25, -0.2) is 0 Å². The van der Waals surface area contributed by atoms with E-state index in [4.69, 9.17) is 14.2 Å². The fourth-order valence-electron chi connectivity index (χ4n) is 4.46. The normalized spacial score (nSPS) is 16.1. The molecule has 0 saturated carbocycles. The van der Waals surface area contributed by atoms with Crippen LogP contribution < -0.4 is 24.8 Å². The van der Waals surface area contributed by atoms with E-state index in [9.17, 15) is 14.4 Å². The summed E-state index contributed by atoms with van der Waals surface area (Å²) < 4.78 is 16.0. The number of ether oxygens (including phenoxy) is 3. The summed E-state index contributed by atoms with van der Waals surface area (Å²) in [5.74, 6) is 0.807. The second-order valence-electron chi connectivity index (χ2n) is 9.01. The minimum atomic E-state index is -0.723. The van der Waals surface area contributed by atoms with Gasteiger partial charge in [-0.05, 0) is 62.9 Å². The molecule has 2 heterocycles. The number of benzene rings is 2. The van der Waals surface area contributed by atoms with E-state index in [0.29, 0.717) is 54.3 Å². The van der Waals surface area contributed by atoms with Gasteiger partial charge in [0.15, 0.2) is 11.5 Å². The van der Waals surface area contributed by atoms with Crippen molar-refractivity contribution in [2.24, 2.45) is 5.92 Å². The van der Waals surface area contributed by atoms with Crippen molar-refractivity contribution in [3.05, 3.63) is 53.6 Å². The number of amides is 3. The Kier molecular flexibility index (Phi) is 7.43. The highest BCUT2D eigenvalue weighted by Crippen LogP contribution is 2.32. The number of hydrogen-bond acceptors (Lipinski definition) is 6. The van der Waals surface area contributed by atoms with Crippen LogP contribution in [0.4, 0.5) is 0 Å². The van der Waals surface area contributed by atoms with Crippen molar-refractivity contribution >= 4 is 17.7 Å². The van der Waals surface area contributed by atoms with Gasteiger partial charge in [0, 0.05) is 24.7 Å². The second kappa shape index (κ2) is 10.7. The molecule has 0 aromatic heterocycles. The first-order valence-electron chi connectivity index (χ1n) is 11.8. The van der Waals surface area contributed by atoms with Crippen molar-refractivity contribution in [1.29, 1.82) is 0 Å². The highest BCUT2D eigenvalue weighted by molar-refractivity contribution is 5.98. The minimum Gasteiger partial charge on any atom is -0.496 e. The maximum Gasteiger partial charge on any atom is 0.257 e. The number of likely N-dealkylation sites (tertiary alicyclic amines) is 1. The number of nitrogens with zero attached hydrogens (tertiary/aromatic N) is 1. The zero-order valence-corrected chi connectivity index (χ0v) is 20.2. The van der Waals surface area contributed by atoms with E-state index >= 15 is 0 Å². The zero-order chi connectivity index (χ0) is 24.9. The summed E-state index contributed by atoms with van der Waals surface area (Å²) in [6.07, 6.45) is 1.16. The topological polar surface area (TPSA) is 106 Å². The lowest BCUT2D eigenvalue weighted by Gasteiger charge is -2.36. The molecule has 3 amide bonds. The lowest BCUT2D eigenvalue weighted by molar-refractivity contribution is -0.125. The molecule has 2 aromatic carbocycles. The summed E-state index contributed by atoms with van der Waals surface area (Å²) in [5.41, 5.74) is 0.902. The summed E-state index contributed by atoms with van der Waals surface area (Å²) in [6.45, 7) is 4.83. The first kappa shape index (κ1) is 24.4. The molecular formula is C26H31N3O6. The number of piperidine rings is 1. The number of methoxy groups -OCH3 is 1. The molecule has 2 aromatic rings. The zero-order valence-electron chi connectivity index (χ0n) is 20.2. The Morgan fingerprint density at radius 2 is 1.71 bits per heavy atom. The largest absolute Gasteiger partial charge is 0.496 e. The number of fused-ring (bicyclic) bond motifs is 1. The van der Waals surface area contributed by atoms with Crippen molar-refractivity contribution in [3.63, 3.8) is 0 Å². The Balaban J connectivity index is 1.45. The third-order valence-electron chi connectivity index (χ3n) is 6.27. The summed E-state index contributed by atoms with van der Waals surface area (Å²) in [6, 6.07) is 11.3. The van der Waals surface area contributed by atoms with Crippen LogP contribution in [-0.2, 0) is 4.79 Å². The van der Waals surface area contributed by atoms with Gasteiger partial charge in [-0.3, -0.25) is 14.4 Å². The molecule has 2 N–H and O–H groups in total. The highest BCUT2D eigenvalue weighted by atomic mass is 16.7. The maximum absolute atomic E-state index is 13.1. The van der Waals surface area contributed by atoms with Crippen molar-refractivity contribution in [2.45, 2.75) is 38.8 Å². The number of hydrogen-bond donors (Lipinski definition) is 2. The molecule has 2 aliphatic rings. The molecule has 9 heteroatoms. The van der Waals surface area contributed by atoms with Gasteiger partial charge in [-0.2, -0.15) is 0 Å². The van der Waals surface area contributed by atoms with Gasteiger partial charge in [-0.1, -0.05) is 12.1 Å². The maximum atomic E-state index is 13.1. The fourth-order valence-corrected chi connectivity index (χ4v) is 4.46. The summed E-state index contributed by atoms with van der Waals surface area (Å²) >= 11 is 0. The van der Waals surface area contributed by atoms with Crippen LogP contribution >= 0.6 is 0 Å². The van der Waals surface area contributed by atoms with Gasteiger partial charge in [0.2, 0.25) is 12.7 Å². The SMILES string of the molecule is COc1ccccc1C(=O)N1CCC([C@H](NC(=O)c2ccc3c(c2)OCO3)C(=O)NC(C)C)CC1. The van der Waals surface area contributed by atoms with Gasteiger partial charge in [-0.15, -0.1) is 0 Å². The molecule has 0 spiro atoms. The van der Waals surface area contributed by atoms with E-state index < -0.39 is 6.04 Å². The number of carbonyl (C=O) groups is 3. The van der Waals surface area contributed by atoms with E-state index in [2.05, 4.69) is 10.6 Å². The van der Waals surface area contributed by atoms with Crippen LogP contribution in [0.3, 0.4) is 0 Å². The van der Waals surface area contributed by atoms with Crippen molar-refractivity contribution < 1.29 is 28.6 Å². The van der Waals surface area contributed by atoms with Gasteiger partial charge in [0.05, 0.1) is 12.7 Å². The quantitative estimate of drug-likeness (QED) is 0.630.